The summed E-state index contributed by atoms with van der Waals surface area (Å²) in [5.41, 5.74) is 10.1. The van der Waals surface area contributed by atoms with Gasteiger partial charge in [0, 0.05) is 34.1 Å². The van der Waals surface area contributed by atoms with E-state index >= 15 is 0 Å². The van der Waals surface area contributed by atoms with E-state index in [1.807, 2.05) is 6.07 Å². The standard InChI is InChI=1S/C30H20N2S/c1-2-8-23-22(7-1)19-32-27-11-5-3-9-24(27)25(29(23)32)18-15-20-13-16-21(17-14-20)30-31-26-10-4-6-12-28(26)33-30/h1-18H,19H2. The average Bonchev–Trinajstić information content (AvgIpc) is 3.54. The van der Waals surface area contributed by atoms with Crippen molar-refractivity contribution >= 4 is 44.6 Å². The summed E-state index contributed by atoms with van der Waals surface area (Å²) in [6.07, 6.45) is 4.51. The van der Waals surface area contributed by atoms with Crippen molar-refractivity contribution in [3.8, 4) is 21.8 Å². The molecule has 0 spiro atoms. The summed E-state index contributed by atoms with van der Waals surface area (Å²) in [7, 11) is 0. The summed E-state index contributed by atoms with van der Waals surface area (Å²) in [6.45, 7) is 0.941. The highest BCUT2D eigenvalue weighted by Crippen LogP contribution is 2.41. The molecule has 3 heteroatoms. The quantitative estimate of drug-likeness (QED) is 0.271. The van der Waals surface area contributed by atoms with Crippen LogP contribution in [-0.2, 0) is 6.54 Å². The largest absolute Gasteiger partial charge is 0.335 e. The Morgan fingerprint density at radius 2 is 1.55 bits per heavy atom. The number of aromatic nitrogens is 2. The van der Waals surface area contributed by atoms with Gasteiger partial charge in [0.1, 0.15) is 5.01 Å². The van der Waals surface area contributed by atoms with Gasteiger partial charge in [-0.15, -0.1) is 11.3 Å². The number of thiazole rings is 1. The second-order valence-corrected chi connectivity index (χ2v) is 9.50. The van der Waals surface area contributed by atoms with Crippen LogP contribution in [0.5, 0.6) is 0 Å². The fraction of sp³-hybridized carbons (Fsp3) is 0.0333. The van der Waals surface area contributed by atoms with Crippen LogP contribution < -0.4 is 0 Å². The van der Waals surface area contributed by atoms with E-state index in [1.165, 1.54) is 43.6 Å². The molecule has 156 valence electrons. The fourth-order valence-electron chi connectivity index (χ4n) is 4.93. The summed E-state index contributed by atoms with van der Waals surface area (Å²) < 4.78 is 3.68. The van der Waals surface area contributed by atoms with E-state index in [9.17, 15) is 0 Å². The van der Waals surface area contributed by atoms with Gasteiger partial charge in [0.25, 0.3) is 0 Å². The van der Waals surface area contributed by atoms with Crippen LogP contribution in [0.15, 0.2) is 97.1 Å². The molecule has 0 radical (unpaired) electrons. The molecule has 0 fully saturated rings. The molecule has 0 atom stereocenters. The van der Waals surface area contributed by atoms with Gasteiger partial charge in [-0.2, -0.15) is 0 Å². The molecule has 33 heavy (non-hydrogen) atoms. The molecular weight excluding hydrogens is 420 g/mol. The molecule has 6 aromatic rings. The molecule has 1 aliphatic rings. The highest BCUT2D eigenvalue weighted by molar-refractivity contribution is 7.21. The van der Waals surface area contributed by atoms with Crippen LogP contribution >= 0.6 is 11.3 Å². The molecule has 7 rings (SSSR count). The molecular formula is C30H20N2S. The Morgan fingerprint density at radius 1 is 0.758 bits per heavy atom. The third-order valence-electron chi connectivity index (χ3n) is 6.50. The Labute approximate surface area is 196 Å². The van der Waals surface area contributed by atoms with Crippen LogP contribution in [0.4, 0.5) is 0 Å². The van der Waals surface area contributed by atoms with Crippen LogP contribution in [0.3, 0.4) is 0 Å². The lowest BCUT2D eigenvalue weighted by molar-refractivity contribution is 0.886. The zero-order valence-electron chi connectivity index (χ0n) is 17.9. The van der Waals surface area contributed by atoms with E-state index in [4.69, 9.17) is 4.98 Å². The molecule has 0 unspecified atom stereocenters. The lowest BCUT2D eigenvalue weighted by atomic mass is 10.0. The second-order valence-electron chi connectivity index (χ2n) is 8.46. The minimum Gasteiger partial charge on any atom is -0.335 e. The lowest BCUT2D eigenvalue weighted by Gasteiger charge is -2.01. The number of para-hydroxylation sites is 2. The van der Waals surface area contributed by atoms with Crippen LogP contribution in [0.1, 0.15) is 16.7 Å². The van der Waals surface area contributed by atoms with E-state index in [1.54, 1.807) is 11.3 Å². The number of hydrogen-bond acceptors (Lipinski definition) is 2. The molecule has 0 saturated carbocycles. The Kier molecular flexibility index (Phi) is 4.11. The van der Waals surface area contributed by atoms with Gasteiger partial charge in [-0.3, -0.25) is 0 Å². The number of fused-ring (bicyclic) bond motifs is 6. The normalized spacial score (nSPS) is 12.6. The maximum absolute atomic E-state index is 4.79. The topological polar surface area (TPSA) is 17.8 Å². The molecule has 0 amide bonds. The first kappa shape index (κ1) is 18.6. The Hall–Kier alpha value is -3.95. The third kappa shape index (κ3) is 2.97. The SMILES string of the molecule is C(=Cc1c2n(c3ccccc13)Cc1ccccc1-2)c1ccc(-c2nc3ccccc3s2)cc1. The van der Waals surface area contributed by atoms with Crippen molar-refractivity contribution in [2.24, 2.45) is 0 Å². The van der Waals surface area contributed by atoms with Gasteiger partial charge in [-0.1, -0.05) is 91.0 Å². The van der Waals surface area contributed by atoms with Crippen LogP contribution in [0.2, 0.25) is 0 Å². The van der Waals surface area contributed by atoms with Gasteiger partial charge in [0.15, 0.2) is 0 Å². The maximum atomic E-state index is 4.79. The minimum absolute atomic E-state index is 0.941. The molecule has 3 heterocycles. The smallest absolute Gasteiger partial charge is 0.124 e. The first-order valence-corrected chi connectivity index (χ1v) is 12.0. The fourth-order valence-corrected chi connectivity index (χ4v) is 5.90. The van der Waals surface area contributed by atoms with E-state index in [-0.39, 0.29) is 0 Å². The van der Waals surface area contributed by atoms with E-state index < -0.39 is 0 Å². The summed E-state index contributed by atoms with van der Waals surface area (Å²) in [6, 6.07) is 34.5. The first-order valence-electron chi connectivity index (χ1n) is 11.2. The molecule has 1 aliphatic heterocycles. The van der Waals surface area contributed by atoms with Crippen molar-refractivity contribution in [2.75, 3.05) is 0 Å². The number of benzene rings is 4. The van der Waals surface area contributed by atoms with Crippen LogP contribution in [0.25, 0.3) is 55.1 Å². The van der Waals surface area contributed by atoms with E-state index in [0.29, 0.717) is 0 Å². The molecule has 0 bridgehead atoms. The molecule has 4 aromatic carbocycles. The van der Waals surface area contributed by atoms with E-state index in [2.05, 4.69) is 108 Å². The zero-order valence-corrected chi connectivity index (χ0v) is 18.7. The molecule has 0 N–H and O–H groups in total. The summed E-state index contributed by atoms with van der Waals surface area (Å²) in [5.74, 6) is 0. The zero-order chi connectivity index (χ0) is 21.8. The second kappa shape index (κ2) is 7.29. The molecule has 2 nitrogen and oxygen atoms in total. The van der Waals surface area contributed by atoms with Crippen molar-refractivity contribution in [1.29, 1.82) is 0 Å². The molecule has 0 saturated heterocycles. The van der Waals surface area contributed by atoms with Crippen molar-refractivity contribution < 1.29 is 0 Å². The average molecular weight is 441 g/mol. The number of hydrogen-bond donors (Lipinski definition) is 0. The van der Waals surface area contributed by atoms with Crippen molar-refractivity contribution in [3.05, 3.63) is 114 Å². The van der Waals surface area contributed by atoms with Gasteiger partial charge in [0.05, 0.1) is 15.9 Å². The summed E-state index contributed by atoms with van der Waals surface area (Å²) in [5, 5.41) is 2.38. The predicted molar refractivity (Wildman–Crippen MR) is 140 cm³/mol. The van der Waals surface area contributed by atoms with Gasteiger partial charge in [-0.05, 0) is 29.3 Å². The maximum Gasteiger partial charge on any atom is 0.124 e. The Balaban J connectivity index is 1.27. The van der Waals surface area contributed by atoms with Crippen LogP contribution in [-0.4, -0.2) is 9.55 Å². The third-order valence-corrected chi connectivity index (χ3v) is 7.59. The molecule has 2 aromatic heterocycles. The number of nitrogens with zero attached hydrogens (tertiary/aromatic N) is 2. The highest BCUT2D eigenvalue weighted by Gasteiger charge is 2.24. The van der Waals surface area contributed by atoms with Gasteiger partial charge in [-0.25, -0.2) is 4.98 Å². The first-order chi connectivity index (χ1) is 16.3. The molecule has 0 aliphatic carbocycles. The summed E-state index contributed by atoms with van der Waals surface area (Å²) in [4.78, 5) is 4.79. The highest BCUT2D eigenvalue weighted by atomic mass is 32.1. The van der Waals surface area contributed by atoms with Gasteiger partial charge >= 0.3 is 0 Å². The van der Waals surface area contributed by atoms with E-state index in [0.717, 1.165) is 22.6 Å². The van der Waals surface area contributed by atoms with Crippen molar-refractivity contribution in [3.63, 3.8) is 0 Å². The van der Waals surface area contributed by atoms with Gasteiger partial charge < -0.3 is 4.57 Å². The Bertz CT molecular complexity index is 1650. The predicted octanol–water partition coefficient (Wildman–Crippen LogP) is 8.12. The minimum atomic E-state index is 0.941. The number of rotatable bonds is 3. The van der Waals surface area contributed by atoms with Gasteiger partial charge in [0.2, 0.25) is 0 Å². The van der Waals surface area contributed by atoms with Crippen molar-refractivity contribution in [1.82, 2.24) is 9.55 Å². The Morgan fingerprint density at radius 3 is 2.45 bits per heavy atom. The van der Waals surface area contributed by atoms with Crippen LogP contribution in [0, 0.1) is 0 Å². The lowest BCUT2D eigenvalue weighted by Crippen LogP contribution is -1.91. The monoisotopic (exact) mass is 440 g/mol. The van der Waals surface area contributed by atoms with Crippen molar-refractivity contribution in [2.45, 2.75) is 6.54 Å². The summed E-state index contributed by atoms with van der Waals surface area (Å²) >= 11 is 1.74.